The fourth-order valence-electron chi connectivity index (χ4n) is 6.39. The molecule has 3 amide bonds. The van der Waals surface area contributed by atoms with Gasteiger partial charge in [0.15, 0.2) is 5.78 Å². The van der Waals surface area contributed by atoms with Crippen molar-refractivity contribution in [1.29, 1.82) is 0 Å². The number of carbonyl (C=O) groups is 5. The molecular weight excluding hydrogens is 636 g/mol. The minimum atomic E-state index is -1.40. The van der Waals surface area contributed by atoms with Crippen molar-refractivity contribution >= 4 is 29.5 Å². The SMILES string of the molecule is CC(C)C[C@@H](CC(=O)[C@@H](Cc1ccccc1)NC(=O)[C@H](N)[C@H](C)c1ccccc1)C(=O)N[C@H](CCCCN)C(=O)N1CCC(N)(C(=O)O)CC1. The molecular formula is C38H56N6O6. The number of nitrogens with zero attached hydrogens (tertiary/aromatic N) is 1. The van der Waals surface area contributed by atoms with Crippen molar-refractivity contribution in [1.82, 2.24) is 15.5 Å². The van der Waals surface area contributed by atoms with Crippen LogP contribution >= 0.6 is 0 Å². The molecule has 1 saturated heterocycles. The molecule has 2 aromatic carbocycles. The molecule has 12 nitrogen and oxygen atoms in total. The first-order chi connectivity index (χ1) is 23.7. The second kappa shape index (κ2) is 19.3. The second-order valence-corrected chi connectivity index (χ2v) is 14.1. The number of hydrogen-bond acceptors (Lipinski definition) is 8. The van der Waals surface area contributed by atoms with Crippen molar-refractivity contribution in [3.8, 4) is 0 Å². The van der Waals surface area contributed by atoms with Gasteiger partial charge < -0.3 is 37.8 Å². The van der Waals surface area contributed by atoms with Crippen molar-refractivity contribution < 1.29 is 29.1 Å². The van der Waals surface area contributed by atoms with Crippen LogP contribution in [0.15, 0.2) is 60.7 Å². The summed E-state index contributed by atoms with van der Waals surface area (Å²) >= 11 is 0. The molecule has 3 rings (SSSR count). The zero-order valence-corrected chi connectivity index (χ0v) is 29.7. The fourth-order valence-corrected chi connectivity index (χ4v) is 6.39. The number of aliphatic carboxylic acids is 1. The van der Waals surface area contributed by atoms with Crippen LogP contribution in [0, 0.1) is 11.8 Å². The number of piperidine rings is 1. The Balaban J connectivity index is 1.79. The van der Waals surface area contributed by atoms with E-state index in [9.17, 15) is 29.1 Å². The molecule has 0 spiro atoms. The summed E-state index contributed by atoms with van der Waals surface area (Å²) in [4.78, 5) is 68.3. The Morgan fingerprint density at radius 2 is 1.44 bits per heavy atom. The van der Waals surface area contributed by atoms with E-state index in [0.717, 1.165) is 11.1 Å². The molecule has 50 heavy (non-hydrogen) atoms. The lowest BCUT2D eigenvalue weighted by atomic mass is 9.87. The molecule has 274 valence electrons. The Kier molecular flexibility index (Phi) is 15.6. The molecule has 1 aliphatic rings. The number of Topliss-reactive ketones (excluding diaryl/α,β-unsaturated/α-hetero) is 1. The first kappa shape index (κ1) is 40.3. The van der Waals surface area contributed by atoms with Gasteiger partial charge in [-0.15, -0.1) is 0 Å². The first-order valence-corrected chi connectivity index (χ1v) is 17.7. The van der Waals surface area contributed by atoms with Crippen LogP contribution in [0.25, 0.3) is 0 Å². The number of likely N-dealkylation sites (tertiary alicyclic amines) is 1. The number of carbonyl (C=O) groups excluding carboxylic acids is 4. The van der Waals surface area contributed by atoms with E-state index in [1.807, 2.05) is 81.4 Å². The smallest absolute Gasteiger partial charge is 0.323 e. The van der Waals surface area contributed by atoms with Crippen LogP contribution in [-0.2, 0) is 30.4 Å². The van der Waals surface area contributed by atoms with Crippen molar-refractivity contribution in [3.63, 3.8) is 0 Å². The molecule has 1 aliphatic heterocycles. The van der Waals surface area contributed by atoms with Crippen LogP contribution < -0.4 is 27.8 Å². The average Bonchev–Trinajstić information content (AvgIpc) is 3.10. The number of rotatable bonds is 19. The third-order valence-electron chi connectivity index (χ3n) is 9.68. The average molecular weight is 693 g/mol. The van der Waals surface area contributed by atoms with E-state index in [2.05, 4.69) is 10.6 Å². The van der Waals surface area contributed by atoms with E-state index in [-0.39, 0.29) is 62.3 Å². The van der Waals surface area contributed by atoms with E-state index in [0.29, 0.717) is 32.2 Å². The summed E-state index contributed by atoms with van der Waals surface area (Å²) in [5.41, 5.74) is 18.5. The van der Waals surface area contributed by atoms with Gasteiger partial charge in [0.2, 0.25) is 17.7 Å². The van der Waals surface area contributed by atoms with E-state index in [1.165, 1.54) is 0 Å². The van der Waals surface area contributed by atoms with Crippen molar-refractivity contribution in [2.45, 2.75) is 102 Å². The maximum absolute atomic E-state index is 14.1. The molecule has 1 fully saturated rings. The lowest BCUT2D eigenvalue weighted by molar-refractivity contribution is -0.148. The summed E-state index contributed by atoms with van der Waals surface area (Å²) < 4.78 is 0. The number of ketones is 1. The molecule has 2 aromatic rings. The Morgan fingerprint density at radius 1 is 0.860 bits per heavy atom. The fraction of sp³-hybridized carbons (Fsp3) is 0.553. The van der Waals surface area contributed by atoms with Crippen molar-refractivity contribution in [2.24, 2.45) is 29.0 Å². The Bertz CT molecular complexity index is 1410. The van der Waals surface area contributed by atoms with Crippen LogP contribution in [0.3, 0.4) is 0 Å². The maximum atomic E-state index is 14.1. The van der Waals surface area contributed by atoms with Crippen LogP contribution in [0.4, 0.5) is 0 Å². The highest BCUT2D eigenvalue weighted by molar-refractivity contribution is 5.95. The van der Waals surface area contributed by atoms with Gasteiger partial charge in [-0.25, -0.2) is 0 Å². The molecule has 0 bridgehead atoms. The summed E-state index contributed by atoms with van der Waals surface area (Å²) in [6, 6.07) is 16.1. The third kappa shape index (κ3) is 11.7. The monoisotopic (exact) mass is 692 g/mol. The summed E-state index contributed by atoms with van der Waals surface area (Å²) in [7, 11) is 0. The molecule has 0 aromatic heterocycles. The number of amides is 3. The van der Waals surface area contributed by atoms with Crippen LogP contribution in [0.2, 0.25) is 0 Å². The van der Waals surface area contributed by atoms with Gasteiger partial charge in [-0.05, 0) is 68.5 Å². The minimum Gasteiger partial charge on any atom is -0.480 e. The van der Waals surface area contributed by atoms with Crippen molar-refractivity contribution in [2.75, 3.05) is 19.6 Å². The number of hydrogen-bond donors (Lipinski definition) is 6. The Morgan fingerprint density at radius 3 is 2.00 bits per heavy atom. The van der Waals surface area contributed by atoms with Gasteiger partial charge in [0.25, 0.3) is 0 Å². The molecule has 0 saturated carbocycles. The number of carboxylic acids is 1. The van der Waals surface area contributed by atoms with Crippen molar-refractivity contribution in [3.05, 3.63) is 71.8 Å². The van der Waals surface area contributed by atoms with Gasteiger partial charge in [-0.2, -0.15) is 0 Å². The predicted molar refractivity (Wildman–Crippen MR) is 193 cm³/mol. The van der Waals surface area contributed by atoms with Crippen LogP contribution in [0.1, 0.15) is 82.8 Å². The standard InChI is InChI=1S/C38H56N6O6/c1-25(2)22-29(34(46)42-30(16-10-11-19-39)36(48)44-20-17-38(41,18-21-44)37(49)50)24-32(45)31(23-27-12-6-4-7-13-27)43-35(47)33(40)26(3)28-14-8-5-9-15-28/h4-9,12-15,25-26,29-31,33H,10-11,16-24,39-41H2,1-3H3,(H,42,46)(H,43,47)(H,49,50)/t26-,29+,30-,31-,33-/m1/s1. The first-order valence-electron chi connectivity index (χ1n) is 17.7. The number of unbranched alkanes of at least 4 members (excludes halogenated alkanes) is 1. The zero-order chi connectivity index (χ0) is 36.8. The number of carboxylic acid groups (broad SMARTS) is 1. The third-order valence-corrected chi connectivity index (χ3v) is 9.68. The summed E-state index contributed by atoms with van der Waals surface area (Å²) in [6.07, 6.45) is 2.26. The quantitative estimate of drug-likeness (QED) is 0.119. The highest BCUT2D eigenvalue weighted by atomic mass is 16.4. The minimum absolute atomic E-state index is 0.0584. The van der Waals surface area contributed by atoms with Gasteiger partial charge in [0.05, 0.1) is 12.1 Å². The second-order valence-electron chi connectivity index (χ2n) is 14.1. The lowest BCUT2D eigenvalue weighted by Gasteiger charge is -2.38. The van der Waals surface area contributed by atoms with Gasteiger partial charge in [-0.3, -0.25) is 24.0 Å². The van der Waals surface area contributed by atoms with Crippen LogP contribution in [0.5, 0.6) is 0 Å². The molecule has 0 radical (unpaired) electrons. The summed E-state index contributed by atoms with van der Waals surface area (Å²) in [6.45, 7) is 6.52. The highest BCUT2D eigenvalue weighted by Crippen LogP contribution is 2.23. The highest BCUT2D eigenvalue weighted by Gasteiger charge is 2.40. The van der Waals surface area contributed by atoms with Gasteiger partial charge in [0.1, 0.15) is 11.6 Å². The normalized spacial score (nSPS) is 17.2. The largest absolute Gasteiger partial charge is 0.480 e. The van der Waals surface area contributed by atoms with E-state index < -0.39 is 47.4 Å². The van der Waals surface area contributed by atoms with E-state index in [1.54, 1.807) is 4.90 Å². The van der Waals surface area contributed by atoms with Gasteiger partial charge in [0, 0.05) is 31.3 Å². The number of nitrogens with one attached hydrogen (secondary N) is 2. The predicted octanol–water partition coefficient (Wildman–Crippen LogP) is 2.48. The lowest BCUT2D eigenvalue weighted by Crippen LogP contribution is -2.59. The summed E-state index contributed by atoms with van der Waals surface area (Å²) in [5.74, 6) is -3.61. The molecule has 0 unspecified atom stereocenters. The number of benzene rings is 2. The Labute approximate surface area is 295 Å². The maximum Gasteiger partial charge on any atom is 0.323 e. The summed E-state index contributed by atoms with van der Waals surface area (Å²) in [5, 5.41) is 15.3. The zero-order valence-electron chi connectivity index (χ0n) is 29.7. The molecule has 5 atom stereocenters. The molecule has 1 heterocycles. The van der Waals surface area contributed by atoms with Gasteiger partial charge in [-0.1, -0.05) is 81.4 Å². The van der Waals surface area contributed by atoms with E-state index in [4.69, 9.17) is 17.2 Å². The van der Waals surface area contributed by atoms with E-state index >= 15 is 0 Å². The molecule has 12 heteroatoms. The topological polar surface area (TPSA) is 211 Å². The molecule has 9 N–H and O–H groups in total. The number of nitrogens with two attached hydrogens (primary N) is 3. The van der Waals surface area contributed by atoms with Gasteiger partial charge >= 0.3 is 5.97 Å². The molecule has 0 aliphatic carbocycles. The van der Waals surface area contributed by atoms with Crippen LogP contribution in [-0.4, -0.2) is 82.8 Å². The Hall–Kier alpha value is -4.13.